The summed E-state index contributed by atoms with van der Waals surface area (Å²) in [4.78, 5) is 10.8. The van der Waals surface area contributed by atoms with E-state index in [0.29, 0.717) is 18.4 Å². The van der Waals surface area contributed by atoms with Crippen molar-refractivity contribution < 1.29 is 9.90 Å². The third-order valence-corrected chi connectivity index (χ3v) is 3.86. The van der Waals surface area contributed by atoms with Crippen LogP contribution < -0.4 is 5.73 Å². The molecular weight excluding hydrogens is 166 g/mol. The number of hydrogen-bond acceptors (Lipinski definition) is 2. The van der Waals surface area contributed by atoms with E-state index < -0.39 is 5.97 Å². The van der Waals surface area contributed by atoms with E-state index in [4.69, 9.17) is 10.8 Å². The fourth-order valence-corrected chi connectivity index (χ4v) is 2.67. The summed E-state index contributed by atoms with van der Waals surface area (Å²) in [6.07, 6.45) is 2.46. The summed E-state index contributed by atoms with van der Waals surface area (Å²) in [5, 5.41) is 8.85. The third-order valence-electron chi connectivity index (χ3n) is 3.86. The van der Waals surface area contributed by atoms with Gasteiger partial charge in [-0.05, 0) is 36.6 Å². The van der Waals surface area contributed by atoms with E-state index >= 15 is 0 Å². The van der Waals surface area contributed by atoms with Crippen molar-refractivity contribution in [1.82, 2.24) is 0 Å². The van der Waals surface area contributed by atoms with Crippen molar-refractivity contribution in [2.24, 2.45) is 23.0 Å². The molecule has 1 fully saturated rings. The van der Waals surface area contributed by atoms with Gasteiger partial charge in [-0.1, -0.05) is 13.8 Å². The van der Waals surface area contributed by atoms with Gasteiger partial charge in [-0.2, -0.15) is 0 Å². The van der Waals surface area contributed by atoms with Gasteiger partial charge < -0.3 is 10.8 Å². The normalized spacial score (nSPS) is 39.3. The van der Waals surface area contributed by atoms with Crippen LogP contribution in [-0.2, 0) is 4.79 Å². The first-order valence-corrected chi connectivity index (χ1v) is 4.95. The van der Waals surface area contributed by atoms with Crippen LogP contribution in [0.15, 0.2) is 0 Å². The van der Waals surface area contributed by atoms with E-state index in [9.17, 15) is 4.79 Å². The zero-order chi connectivity index (χ0) is 10.1. The van der Waals surface area contributed by atoms with Crippen LogP contribution in [-0.4, -0.2) is 17.6 Å². The average molecular weight is 185 g/mol. The van der Waals surface area contributed by atoms with Crippen LogP contribution in [0.4, 0.5) is 0 Å². The number of rotatable bonds is 3. The Hall–Kier alpha value is -0.570. The van der Waals surface area contributed by atoms with E-state index in [1.54, 1.807) is 0 Å². The second kappa shape index (κ2) is 3.66. The first-order chi connectivity index (χ1) is 6.03. The molecule has 0 unspecified atom stereocenters. The Kier molecular flexibility index (Phi) is 2.96. The molecule has 0 saturated heterocycles. The van der Waals surface area contributed by atoms with Crippen LogP contribution in [0, 0.1) is 17.3 Å². The van der Waals surface area contributed by atoms with Crippen molar-refractivity contribution in [2.45, 2.75) is 33.1 Å². The highest BCUT2D eigenvalue weighted by molar-refractivity contribution is 5.68. The summed E-state index contributed by atoms with van der Waals surface area (Å²) >= 11 is 0. The summed E-state index contributed by atoms with van der Waals surface area (Å²) in [6, 6.07) is 0. The van der Waals surface area contributed by atoms with E-state index in [1.807, 2.05) is 0 Å². The highest BCUT2D eigenvalue weighted by Gasteiger charge is 2.45. The molecule has 3 heteroatoms. The van der Waals surface area contributed by atoms with Crippen LogP contribution >= 0.6 is 0 Å². The maximum absolute atomic E-state index is 10.8. The van der Waals surface area contributed by atoms with Crippen LogP contribution in [0.1, 0.15) is 33.1 Å². The van der Waals surface area contributed by atoms with Crippen molar-refractivity contribution in [3.8, 4) is 0 Å². The average Bonchev–Trinajstić information content (AvgIpc) is 2.32. The summed E-state index contributed by atoms with van der Waals surface area (Å²) in [6.45, 7) is 4.75. The number of carboxylic acid groups (broad SMARTS) is 1. The molecule has 0 bridgehead atoms. The van der Waals surface area contributed by atoms with Gasteiger partial charge in [0.25, 0.3) is 0 Å². The smallest absolute Gasteiger partial charge is 0.303 e. The molecule has 1 aliphatic rings. The zero-order valence-electron chi connectivity index (χ0n) is 8.42. The summed E-state index contributed by atoms with van der Waals surface area (Å²) in [5.74, 6) is 0.179. The lowest BCUT2D eigenvalue weighted by molar-refractivity contribution is -0.141. The monoisotopic (exact) mass is 185 g/mol. The Morgan fingerprint density at radius 2 is 1.92 bits per heavy atom. The van der Waals surface area contributed by atoms with E-state index in [0.717, 1.165) is 12.8 Å². The largest absolute Gasteiger partial charge is 0.481 e. The molecule has 1 aliphatic carbocycles. The van der Waals surface area contributed by atoms with Gasteiger partial charge in [0.1, 0.15) is 0 Å². The molecule has 0 aromatic heterocycles. The molecule has 13 heavy (non-hydrogen) atoms. The fraction of sp³-hybridized carbons (Fsp3) is 0.900. The van der Waals surface area contributed by atoms with Crippen molar-refractivity contribution in [3.63, 3.8) is 0 Å². The Labute approximate surface area is 79.3 Å². The highest BCUT2D eigenvalue weighted by atomic mass is 16.4. The summed E-state index contributed by atoms with van der Waals surface area (Å²) in [5.41, 5.74) is 5.59. The first-order valence-electron chi connectivity index (χ1n) is 4.95. The summed E-state index contributed by atoms with van der Waals surface area (Å²) < 4.78 is 0. The molecular formula is C10H19NO2. The molecule has 0 amide bonds. The first kappa shape index (κ1) is 10.5. The SMILES string of the molecule is C[C@@H]1CC[C@H](C)[C@]1(CN)CC(=O)O. The molecule has 1 saturated carbocycles. The molecule has 0 aromatic rings. The number of nitrogens with two attached hydrogens (primary N) is 1. The van der Waals surface area contributed by atoms with E-state index in [-0.39, 0.29) is 11.8 Å². The van der Waals surface area contributed by atoms with Crippen molar-refractivity contribution in [3.05, 3.63) is 0 Å². The number of hydrogen-bond donors (Lipinski definition) is 2. The van der Waals surface area contributed by atoms with Crippen molar-refractivity contribution in [1.29, 1.82) is 0 Å². The maximum atomic E-state index is 10.8. The fourth-order valence-electron chi connectivity index (χ4n) is 2.67. The molecule has 0 radical (unpaired) electrons. The molecule has 3 atom stereocenters. The van der Waals surface area contributed by atoms with Gasteiger partial charge in [-0.3, -0.25) is 4.79 Å². The molecule has 0 aromatic carbocycles. The van der Waals surface area contributed by atoms with Gasteiger partial charge in [0.05, 0.1) is 6.42 Å². The Morgan fingerprint density at radius 3 is 2.23 bits per heavy atom. The van der Waals surface area contributed by atoms with E-state index in [1.165, 1.54) is 0 Å². The lowest BCUT2D eigenvalue weighted by atomic mass is 9.71. The van der Waals surface area contributed by atoms with Gasteiger partial charge in [-0.15, -0.1) is 0 Å². The number of carbonyl (C=O) groups is 1. The zero-order valence-corrected chi connectivity index (χ0v) is 8.42. The molecule has 0 heterocycles. The Balaban J connectivity index is 2.82. The van der Waals surface area contributed by atoms with E-state index in [2.05, 4.69) is 13.8 Å². The summed E-state index contributed by atoms with van der Waals surface area (Å²) in [7, 11) is 0. The second-order valence-corrected chi connectivity index (χ2v) is 4.39. The topological polar surface area (TPSA) is 63.3 Å². The molecule has 3 nitrogen and oxygen atoms in total. The minimum absolute atomic E-state index is 0.147. The van der Waals surface area contributed by atoms with Crippen LogP contribution in [0.2, 0.25) is 0 Å². The molecule has 0 aliphatic heterocycles. The van der Waals surface area contributed by atoms with Gasteiger partial charge in [0.15, 0.2) is 0 Å². The van der Waals surface area contributed by atoms with Crippen molar-refractivity contribution >= 4 is 5.97 Å². The molecule has 76 valence electrons. The number of aliphatic carboxylic acids is 1. The quantitative estimate of drug-likeness (QED) is 0.700. The van der Waals surface area contributed by atoms with Crippen LogP contribution in [0.3, 0.4) is 0 Å². The number of carboxylic acids is 1. The minimum Gasteiger partial charge on any atom is -0.481 e. The molecule has 0 spiro atoms. The Bertz CT molecular complexity index is 193. The van der Waals surface area contributed by atoms with Gasteiger partial charge in [0.2, 0.25) is 0 Å². The van der Waals surface area contributed by atoms with Gasteiger partial charge in [-0.25, -0.2) is 0 Å². The van der Waals surface area contributed by atoms with Gasteiger partial charge >= 0.3 is 5.97 Å². The molecule has 3 N–H and O–H groups in total. The minimum atomic E-state index is -0.717. The maximum Gasteiger partial charge on any atom is 0.303 e. The van der Waals surface area contributed by atoms with Crippen LogP contribution in [0.5, 0.6) is 0 Å². The van der Waals surface area contributed by atoms with Crippen molar-refractivity contribution in [2.75, 3.05) is 6.54 Å². The Morgan fingerprint density at radius 1 is 1.46 bits per heavy atom. The predicted octanol–water partition coefficient (Wildman–Crippen LogP) is 1.47. The predicted molar refractivity (Wildman–Crippen MR) is 51.3 cm³/mol. The third kappa shape index (κ3) is 1.70. The lowest BCUT2D eigenvalue weighted by Crippen LogP contribution is -2.39. The standard InChI is InChI=1S/C10H19NO2/c1-7-3-4-8(2)10(7,6-11)5-9(12)13/h7-8H,3-6,11H2,1-2H3,(H,12,13)/t7-,8+,10+. The van der Waals surface area contributed by atoms with Crippen LogP contribution in [0.25, 0.3) is 0 Å². The second-order valence-electron chi connectivity index (χ2n) is 4.39. The lowest BCUT2D eigenvalue weighted by Gasteiger charge is -2.35. The highest BCUT2D eigenvalue weighted by Crippen LogP contribution is 2.49. The molecule has 1 rings (SSSR count). The van der Waals surface area contributed by atoms with Gasteiger partial charge in [0, 0.05) is 0 Å².